The maximum Gasteiger partial charge on any atom is 0.209 e. The summed E-state index contributed by atoms with van der Waals surface area (Å²) in [4.78, 5) is 6.38. The Balaban J connectivity index is 2.13. The second kappa shape index (κ2) is 5.07. The summed E-state index contributed by atoms with van der Waals surface area (Å²) >= 11 is 0. The number of aromatic nitrogens is 1. The number of oxazole rings is 1. The van der Waals surface area contributed by atoms with Crippen LogP contribution in [-0.4, -0.2) is 23.5 Å². The SMILES string of the molecule is CC(C#N)CN(C)Cc1nc2c(N)cccc2o1. The zero-order chi connectivity index (χ0) is 13.1. The molecule has 0 aliphatic carbocycles. The largest absolute Gasteiger partial charge is 0.439 e. The topological polar surface area (TPSA) is 79.1 Å². The van der Waals surface area contributed by atoms with Gasteiger partial charge in [-0.2, -0.15) is 5.26 Å². The van der Waals surface area contributed by atoms with Crippen LogP contribution in [0, 0.1) is 17.2 Å². The molecule has 0 saturated heterocycles. The van der Waals surface area contributed by atoms with E-state index in [1.807, 2.05) is 31.0 Å². The van der Waals surface area contributed by atoms with Gasteiger partial charge in [0.2, 0.25) is 5.89 Å². The fraction of sp³-hybridized carbons (Fsp3) is 0.385. The first kappa shape index (κ1) is 12.4. The van der Waals surface area contributed by atoms with Gasteiger partial charge in [-0.25, -0.2) is 4.98 Å². The third kappa shape index (κ3) is 2.60. The molecule has 0 aliphatic rings. The molecule has 2 rings (SSSR count). The smallest absolute Gasteiger partial charge is 0.209 e. The standard InChI is InChI=1S/C13H16N4O/c1-9(6-14)7-17(2)8-12-16-13-10(15)4-3-5-11(13)18-12/h3-5,9H,7-8,15H2,1-2H3. The Morgan fingerprint density at radius 1 is 1.56 bits per heavy atom. The molecular weight excluding hydrogens is 228 g/mol. The highest BCUT2D eigenvalue weighted by Crippen LogP contribution is 2.21. The van der Waals surface area contributed by atoms with Gasteiger partial charge in [0, 0.05) is 6.54 Å². The maximum absolute atomic E-state index is 8.77. The molecule has 0 fully saturated rings. The van der Waals surface area contributed by atoms with Crippen LogP contribution >= 0.6 is 0 Å². The Labute approximate surface area is 106 Å². The molecule has 5 heteroatoms. The van der Waals surface area contributed by atoms with Gasteiger partial charge >= 0.3 is 0 Å². The van der Waals surface area contributed by atoms with Crippen molar-refractivity contribution in [2.24, 2.45) is 5.92 Å². The predicted octanol–water partition coefficient (Wildman–Crippen LogP) is 2.00. The molecule has 1 aromatic heterocycles. The number of fused-ring (bicyclic) bond motifs is 1. The highest BCUT2D eigenvalue weighted by Gasteiger charge is 2.11. The van der Waals surface area contributed by atoms with Gasteiger partial charge in [0.15, 0.2) is 5.58 Å². The van der Waals surface area contributed by atoms with Gasteiger partial charge < -0.3 is 10.2 Å². The van der Waals surface area contributed by atoms with Gasteiger partial charge in [-0.1, -0.05) is 6.07 Å². The molecule has 0 radical (unpaired) electrons. The van der Waals surface area contributed by atoms with Crippen LogP contribution in [0.3, 0.4) is 0 Å². The van der Waals surface area contributed by atoms with Gasteiger partial charge in [0.25, 0.3) is 0 Å². The summed E-state index contributed by atoms with van der Waals surface area (Å²) in [5.41, 5.74) is 7.85. The summed E-state index contributed by atoms with van der Waals surface area (Å²) in [5.74, 6) is 0.611. The Morgan fingerprint density at radius 3 is 3.00 bits per heavy atom. The normalized spacial score (nSPS) is 12.8. The van der Waals surface area contributed by atoms with Crippen LogP contribution in [0.15, 0.2) is 22.6 Å². The number of anilines is 1. The van der Waals surface area contributed by atoms with Crippen LogP contribution < -0.4 is 5.73 Å². The average molecular weight is 244 g/mol. The monoisotopic (exact) mass is 244 g/mol. The fourth-order valence-corrected chi connectivity index (χ4v) is 1.89. The van der Waals surface area contributed by atoms with Gasteiger partial charge in [-0.05, 0) is 26.1 Å². The Hall–Kier alpha value is -2.06. The van der Waals surface area contributed by atoms with E-state index in [1.165, 1.54) is 0 Å². The second-order valence-corrected chi connectivity index (χ2v) is 4.53. The van der Waals surface area contributed by atoms with E-state index in [0.29, 0.717) is 35.8 Å². The lowest BCUT2D eigenvalue weighted by molar-refractivity contribution is 0.274. The lowest BCUT2D eigenvalue weighted by Crippen LogP contribution is -2.23. The van der Waals surface area contributed by atoms with Crippen LogP contribution in [0.5, 0.6) is 0 Å². The highest BCUT2D eigenvalue weighted by atomic mass is 16.3. The molecule has 1 unspecified atom stereocenters. The first-order chi connectivity index (χ1) is 8.60. The van der Waals surface area contributed by atoms with Gasteiger partial charge in [-0.3, -0.25) is 4.90 Å². The minimum Gasteiger partial charge on any atom is -0.439 e. The Kier molecular flexibility index (Phi) is 3.49. The number of nitrogen functional groups attached to an aromatic ring is 1. The molecule has 2 aromatic rings. The molecule has 0 amide bonds. The van der Waals surface area contributed by atoms with E-state index in [4.69, 9.17) is 15.4 Å². The molecular formula is C13H16N4O. The van der Waals surface area contributed by atoms with Gasteiger partial charge in [0.1, 0.15) is 5.52 Å². The van der Waals surface area contributed by atoms with Crippen molar-refractivity contribution in [3.05, 3.63) is 24.1 Å². The van der Waals surface area contributed by atoms with E-state index in [-0.39, 0.29) is 5.92 Å². The van der Waals surface area contributed by atoms with Crippen molar-refractivity contribution in [2.75, 3.05) is 19.3 Å². The molecule has 18 heavy (non-hydrogen) atoms. The van der Waals surface area contributed by atoms with E-state index >= 15 is 0 Å². The fourth-order valence-electron chi connectivity index (χ4n) is 1.89. The summed E-state index contributed by atoms with van der Waals surface area (Å²) in [6.45, 7) is 3.14. The third-order valence-corrected chi connectivity index (χ3v) is 2.71. The molecule has 1 heterocycles. The highest BCUT2D eigenvalue weighted by molar-refractivity contribution is 5.85. The lowest BCUT2D eigenvalue weighted by Gasteiger charge is -2.15. The Bertz CT molecular complexity index is 584. The summed E-state index contributed by atoms with van der Waals surface area (Å²) in [6, 6.07) is 7.69. The number of nitrogens with two attached hydrogens (primary N) is 1. The molecule has 5 nitrogen and oxygen atoms in total. The summed E-state index contributed by atoms with van der Waals surface area (Å²) in [6.07, 6.45) is 0. The van der Waals surface area contributed by atoms with Crippen molar-refractivity contribution in [2.45, 2.75) is 13.5 Å². The van der Waals surface area contributed by atoms with E-state index in [9.17, 15) is 0 Å². The third-order valence-electron chi connectivity index (χ3n) is 2.71. The second-order valence-electron chi connectivity index (χ2n) is 4.53. The first-order valence-electron chi connectivity index (χ1n) is 5.82. The summed E-state index contributed by atoms with van der Waals surface area (Å²) in [7, 11) is 1.94. The molecule has 0 bridgehead atoms. The Morgan fingerprint density at radius 2 is 2.33 bits per heavy atom. The number of hydrogen-bond acceptors (Lipinski definition) is 5. The predicted molar refractivity (Wildman–Crippen MR) is 69.5 cm³/mol. The van der Waals surface area contributed by atoms with Crippen molar-refractivity contribution < 1.29 is 4.42 Å². The van der Waals surface area contributed by atoms with Crippen LogP contribution in [0.1, 0.15) is 12.8 Å². The minimum atomic E-state index is -0.00977. The van der Waals surface area contributed by atoms with E-state index in [0.717, 1.165) is 0 Å². The van der Waals surface area contributed by atoms with Crippen LogP contribution in [0.2, 0.25) is 0 Å². The first-order valence-corrected chi connectivity index (χ1v) is 5.82. The molecule has 94 valence electrons. The summed E-state index contributed by atoms with van der Waals surface area (Å²) < 4.78 is 5.62. The van der Waals surface area contributed by atoms with E-state index < -0.39 is 0 Å². The quantitative estimate of drug-likeness (QED) is 0.832. The number of nitrogens with zero attached hydrogens (tertiary/aromatic N) is 3. The molecule has 2 N–H and O–H groups in total. The van der Waals surface area contributed by atoms with Gasteiger partial charge in [-0.15, -0.1) is 0 Å². The average Bonchev–Trinajstić information content (AvgIpc) is 2.72. The summed E-state index contributed by atoms with van der Waals surface area (Å²) in [5, 5.41) is 8.77. The van der Waals surface area contributed by atoms with Crippen molar-refractivity contribution in [1.29, 1.82) is 5.26 Å². The van der Waals surface area contributed by atoms with Crippen LogP contribution in [-0.2, 0) is 6.54 Å². The van der Waals surface area contributed by atoms with E-state index in [2.05, 4.69) is 11.1 Å². The minimum absolute atomic E-state index is 0.00977. The van der Waals surface area contributed by atoms with Crippen LogP contribution in [0.4, 0.5) is 5.69 Å². The number of para-hydroxylation sites is 1. The van der Waals surface area contributed by atoms with Crippen LogP contribution in [0.25, 0.3) is 11.1 Å². The molecule has 1 atom stereocenters. The zero-order valence-corrected chi connectivity index (χ0v) is 10.6. The maximum atomic E-state index is 8.77. The lowest BCUT2D eigenvalue weighted by atomic mass is 10.2. The van der Waals surface area contributed by atoms with Gasteiger partial charge in [0.05, 0.1) is 24.2 Å². The number of benzene rings is 1. The van der Waals surface area contributed by atoms with Crippen molar-refractivity contribution in [1.82, 2.24) is 9.88 Å². The number of nitriles is 1. The molecule has 0 saturated carbocycles. The number of rotatable bonds is 4. The van der Waals surface area contributed by atoms with Crippen molar-refractivity contribution >= 4 is 16.8 Å². The molecule has 1 aromatic carbocycles. The van der Waals surface area contributed by atoms with Crippen molar-refractivity contribution in [3.8, 4) is 6.07 Å². The number of hydrogen-bond donors (Lipinski definition) is 1. The molecule has 0 aliphatic heterocycles. The zero-order valence-electron chi connectivity index (χ0n) is 10.6. The van der Waals surface area contributed by atoms with E-state index in [1.54, 1.807) is 6.07 Å². The molecule has 0 spiro atoms. The van der Waals surface area contributed by atoms with Crippen molar-refractivity contribution in [3.63, 3.8) is 0 Å².